The van der Waals surface area contributed by atoms with Gasteiger partial charge in [0.15, 0.2) is 0 Å². The van der Waals surface area contributed by atoms with Crippen molar-refractivity contribution in [2.45, 2.75) is 58.0 Å². The summed E-state index contributed by atoms with van der Waals surface area (Å²) in [5.74, 6) is 0. The van der Waals surface area contributed by atoms with Crippen molar-refractivity contribution in [1.82, 2.24) is 10.2 Å². The molecule has 1 atom stereocenters. The van der Waals surface area contributed by atoms with E-state index in [-0.39, 0.29) is 0 Å². The van der Waals surface area contributed by atoms with E-state index in [4.69, 9.17) is 10.00 Å². The third kappa shape index (κ3) is 6.91. The number of nitriles is 1. The van der Waals surface area contributed by atoms with Crippen LogP contribution < -0.4 is 5.32 Å². The van der Waals surface area contributed by atoms with Crippen LogP contribution in [0.1, 0.15) is 46.5 Å². The molecule has 0 heterocycles. The van der Waals surface area contributed by atoms with Crippen molar-refractivity contribution in [2.75, 3.05) is 33.9 Å². The lowest BCUT2D eigenvalue weighted by atomic mass is 9.97. The first-order chi connectivity index (χ1) is 9.06. The summed E-state index contributed by atoms with van der Waals surface area (Å²) in [6.45, 7) is 9.23. The second-order valence-corrected chi connectivity index (χ2v) is 5.30. The van der Waals surface area contributed by atoms with Crippen LogP contribution in [0.15, 0.2) is 0 Å². The Balaban J connectivity index is 4.29. The monoisotopic (exact) mass is 269 g/mol. The van der Waals surface area contributed by atoms with Gasteiger partial charge in [0.25, 0.3) is 0 Å². The zero-order valence-electron chi connectivity index (χ0n) is 13.3. The summed E-state index contributed by atoms with van der Waals surface area (Å²) in [5.41, 5.74) is -0.402. The third-order valence-corrected chi connectivity index (χ3v) is 3.96. The van der Waals surface area contributed by atoms with Gasteiger partial charge in [-0.1, -0.05) is 13.8 Å². The highest BCUT2D eigenvalue weighted by molar-refractivity contribution is 5.02. The predicted octanol–water partition coefficient (Wildman–Crippen LogP) is 2.41. The number of ether oxygens (including phenoxy) is 1. The zero-order chi connectivity index (χ0) is 14.7. The van der Waals surface area contributed by atoms with Gasteiger partial charge in [-0.25, -0.2) is 0 Å². The van der Waals surface area contributed by atoms with Gasteiger partial charge >= 0.3 is 0 Å². The van der Waals surface area contributed by atoms with E-state index in [0.717, 1.165) is 32.5 Å². The molecule has 0 aliphatic heterocycles. The van der Waals surface area contributed by atoms with Gasteiger partial charge < -0.3 is 10.1 Å². The summed E-state index contributed by atoms with van der Waals surface area (Å²) in [5, 5.41) is 12.2. The highest BCUT2D eigenvalue weighted by Crippen LogP contribution is 2.14. The molecule has 0 saturated carbocycles. The van der Waals surface area contributed by atoms with Gasteiger partial charge in [0.05, 0.1) is 12.7 Å². The third-order valence-electron chi connectivity index (χ3n) is 3.96. The lowest BCUT2D eigenvalue weighted by Gasteiger charge is -2.31. The molecule has 0 aromatic rings. The molecule has 0 rings (SSSR count). The molecule has 0 aliphatic rings. The van der Waals surface area contributed by atoms with Crippen molar-refractivity contribution < 1.29 is 4.74 Å². The fraction of sp³-hybridized carbons (Fsp3) is 0.933. The Kier molecular flexibility index (Phi) is 9.85. The molecular weight excluding hydrogens is 238 g/mol. The van der Waals surface area contributed by atoms with E-state index in [9.17, 15) is 0 Å². The van der Waals surface area contributed by atoms with E-state index in [1.54, 1.807) is 7.11 Å². The van der Waals surface area contributed by atoms with Crippen LogP contribution in [0.4, 0.5) is 0 Å². The highest BCUT2D eigenvalue weighted by atomic mass is 16.5. The molecule has 0 saturated heterocycles. The number of nitrogens with one attached hydrogen (secondary N) is 1. The molecule has 0 aromatic carbocycles. The van der Waals surface area contributed by atoms with Crippen molar-refractivity contribution in [1.29, 1.82) is 5.26 Å². The lowest BCUT2D eigenvalue weighted by molar-refractivity contribution is 0.112. The average Bonchev–Trinajstić information content (AvgIpc) is 2.45. The highest BCUT2D eigenvalue weighted by Gasteiger charge is 2.22. The molecule has 0 fully saturated rings. The molecule has 112 valence electrons. The van der Waals surface area contributed by atoms with Gasteiger partial charge in [0.1, 0.15) is 5.54 Å². The summed E-state index contributed by atoms with van der Waals surface area (Å²) in [4.78, 5) is 2.50. The van der Waals surface area contributed by atoms with Crippen molar-refractivity contribution in [3.8, 4) is 6.07 Å². The Labute approximate surface area is 119 Å². The van der Waals surface area contributed by atoms with Gasteiger partial charge in [-0.3, -0.25) is 4.90 Å². The molecular formula is C15H31N3O. The normalized spacial score (nSPS) is 14.6. The molecule has 0 bridgehead atoms. The number of hydrogen-bond donors (Lipinski definition) is 1. The van der Waals surface area contributed by atoms with E-state index in [1.165, 1.54) is 12.8 Å². The quantitative estimate of drug-likeness (QED) is 0.626. The molecule has 1 unspecified atom stereocenters. The lowest BCUT2D eigenvalue weighted by Crippen LogP contribution is -2.41. The predicted molar refractivity (Wildman–Crippen MR) is 80.1 cm³/mol. The molecule has 0 spiro atoms. The number of rotatable bonds is 11. The van der Waals surface area contributed by atoms with Crippen LogP contribution in [-0.4, -0.2) is 50.3 Å². The number of hydrogen-bond acceptors (Lipinski definition) is 4. The molecule has 4 heteroatoms. The van der Waals surface area contributed by atoms with E-state index < -0.39 is 5.54 Å². The Morgan fingerprint density at radius 2 is 1.95 bits per heavy atom. The van der Waals surface area contributed by atoms with Crippen molar-refractivity contribution in [3.63, 3.8) is 0 Å². The first kappa shape index (κ1) is 18.4. The first-order valence-electron chi connectivity index (χ1n) is 7.40. The van der Waals surface area contributed by atoms with Gasteiger partial charge in [0.2, 0.25) is 0 Å². The summed E-state index contributed by atoms with van der Waals surface area (Å²) in [6, 6.07) is 2.97. The fourth-order valence-electron chi connectivity index (χ4n) is 2.36. The molecule has 19 heavy (non-hydrogen) atoms. The number of methoxy groups -OCH3 is 1. The smallest absolute Gasteiger partial charge is 0.103 e. The summed E-state index contributed by atoms with van der Waals surface area (Å²) >= 11 is 0. The van der Waals surface area contributed by atoms with E-state index in [1.807, 2.05) is 14.0 Å². The van der Waals surface area contributed by atoms with Gasteiger partial charge in [-0.2, -0.15) is 5.26 Å². The maximum absolute atomic E-state index is 9.15. The van der Waals surface area contributed by atoms with Crippen LogP contribution in [0.2, 0.25) is 0 Å². The molecule has 0 aliphatic carbocycles. The summed E-state index contributed by atoms with van der Waals surface area (Å²) in [7, 11) is 3.60. The van der Waals surface area contributed by atoms with Gasteiger partial charge in [0, 0.05) is 19.7 Å². The molecule has 0 radical (unpaired) electrons. The maximum Gasteiger partial charge on any atom is 0.103 e. The summed E-state index contributed by atoms with van der Waals surface area (Å²) < 4.78 is 5.19. The standard InChI is InChI=1S/C15H31N3O/c1-6-14(7-2)18(11-12-19-5)10-8-9-15(3,13-16)17-4/h14,17H,6-12H2,1-5H3. The Morgan fingerprint density at radius 1 is 1.32 bits per heavy atom. The van der Waals surface area contributed by atoms with Crippen molar-refractivity contribution in [2.24, 2.45) is 0 Å². The molecule has 0 aromatic heterocycles. The number of nitrogens with zero attached hydrogens (tertiary/aromatic N) is 2. The van der Waals surface area contributed by atoms with Crippen LogP contribution in [0.5, 0.6) is 0 Å². The zero-order valence-corrected chi connectivity index (χ0v) is 13.3. The average molecular weight is 269 g/mol. The maximum atomic E-state index is 9.15. The Bertz CT molecular complexity index is 261. The second kappa shape index (κ2) is 10.2. The van der Waals surface area contributed by atoms with E-state index in [2.05, 4.69) is 30.1 Å². The van der Waals surface area contributed by atoms with Gasteiger partial charge in [-0.15, -0.1) is 0 Å². The SMILES string of the molecule is CCC(CC)N(CCCC(C)(C#N)NC)CCOC. The Hall–Kier alpha value is -0.630. The minimum absolute atomic E-state index is 0.402. The van der Waals surface area contributed by atoms with Crippen molar-refractivity contribution in [3.05, 3.63) is 0 Å². The van der Waals surface area contributed by atoms with Crippen molar-refractivity contribution >= 4 is 0 Å². The fourth-order valence-corrected chi connectivity index (χ4v) is 2.36. The topological polar surface area (TPSA) is 48.3 Å². The van der Waals surface area contributed by atoms with E-state index >= 15 is 0 Å². The van der Waals surface area contributed by atoms with Crippen LogP contribution in [-0.2, 0) is 4.74 Å². The second-order valence-electron chi connectivity index (χ2n) is 5.30. The molecule has 4 nitrogen and oxygen atoms in total. The first-order valence-corrected chi connectivity index (χ1v) is 7.40. The Morgan fingerprint density at radius 3 is 2.37 bits per heavy atom. The van der Waals surface area contributed by atoms with Crippen LogP contribution in [0.25, 0.3) is 0 Å². The van der Waals surface area contributed by atoms with Crippen LogP contribution in [0, 0.1) is 11.3 Å². The van der Waals surface area contributed by atoms with Crippen LogP contribution in [0.3, 0.4) is 0 Å². The molecule has 0 amide bonds. The minimum atomic E-state index is -0.402. The van der Waals surface area contributed by atoms with E-state index in [0.29, 0.717) is 6.04 Å². The molecule has 1 N–H and O–H groups in total. The van der Waals surface area contributed by atoms with Gasteiger partial charge in [-0.05, 0) is 46.2 Å². The minimum Gasteiger partial charge on any atom is -0.383 e. The summed E-state index contributed by atoms with van der Waals surface area (Å²) in [6.07, 6.45) is 4.25. The largest absolute Gasteiger partial charge is 0.383 e. The van der Waals surface area contributed by atoms with Crippen LogP contribution >= 0.6 is 0 Å².